The maximum atomic E-state index is 9.33. The van der Waals surface area contributed by atoms with E-state index in [1.807, 2.05) is 18.2 Å². The molecule has 0 bridgehead atoms. The van der Waals surface area contributed by atoms with Crippen LogP contribution in [0.2, 0.25) is 5.15 Å². The normalized spacial score (nSPS) is 20.2. The van der Waals surface area contributed by atoms with Gasteiger partial charge >= 0.3 is 0 Å². The summed E-state index contributed by atoms with van der Waals surface area (Å²) in [6.07, 6.45) is 4.51. The van der Waals surface area contributed by atoms with Gasteiger partial charge in [-0.05, 0) is 37.3 Å². The molecule has 0 radical (unpaired) electrons. The van der Waals surface area contributed by atoms with E-state index < -0.39 is 0 Å². The van der Waals surface area contributed by atoms with Crippen LogP contribution in [0.15, 0.2) is 28.8 Å². The van der Waals surface area contributed by atoms with Crippen molar-refractivity contribution in [3.63, 3.8) is 0 Å². The highest BCUT2D eigenvalue weighted by Gasteiger charge is 2.27. The molecule has 1 unspecified atom stereocenters. The summed E-state index contributed by atoms with van der Waals surface area (Å²) in [5, 5.41) is 13.0. The van der Waals surface area contributed by atoms with Gasteiger partial charge in [0, 0.05) is 24.9 Å². The van der Waals surface area contributed by atoms with Crippen LogP contribution in [0.5, 0.6) is 0 Å². The molecule has 0 spiro atoms. The number of aliphatic hydroxyl groups excluding tert-OH is 1. The first-order valence-electron chi connectivity index (χ1n) is 8.19. The Labute approximate surface area is 149 Å². The third kappa shape index (κ3) is 3.12. The van der Waals surface area contributed by atoms with Crippen LogP contribution < -0.4 is 11.1 Å². The highest BCUT2D eigenvalue weighted by Crippen LogP contribution is 2.38. The molecule has 3 aromatic rings. The van der Waals surface area contributed by atoms with Crippen LogP contribution in [0.25, 0.3) is 22.4 Å². The third-order valence-corrected chi connectivity index (χ3v) is 4.83. The zero-order chi connectivity index (χ0) is 17.4. The van der Waals surface area contributed by atoms with Crippen LogP contribution >= 0.6 is 11.6 Å². The number of furan rings is 1. The van der Waals surface area contributed by atoms with Gasteiger partial charge in [-0.3, -0.25) is 4.98 Å². The van der Waals surface area contributed by atoms with Gasteiger partial charge in [-0.15, -0.1) is 0 Å². The molecule has 0 aliphatic heterocycles. The lowest BCUT2D eigenvalue weighted by molar-refractivity contribution is 0.229. The lowest BCUT2D eigenvalue weighted by atomic mass is 10.1. The van der Waals surface area contributed by atoms with Gasteiger partial charge < -0.3 is 20.6 Å². The summed E-state index contributed by atoms with van der Waals surface area (Å²) in [6.45, 7) is 0.201. The zero-order valence-corrected chi connectivity index (χ0v) is 14.2. The molecule has 25 heavy (non-hydrogen) atoms. The van der Waals surface area contributed by atoms with Crippen molar-refractivity contribution in [3.8, 4) is 11.3 Å². The number of nitrogens with two attached hydrogens (primary N) is 1. The highest BCUT2D eigenvalue weighted by atomic mass is 35.5. The van der Waals surface area contributed by atoms with E-state index in [0.29, 0.717) is 28.6 Å². The molecule has 1 aliphatic rings. The van der Waals surface area contributed by atoms with E-state index in [2.05, 4.69) is 20.3 Å². The summed E-state index contributed by atoms with van der Waals surface area (Å²) in [5.74, 6) is 1.49. The van der Waals surface area contributed by atoms with Crippen LogP contribution in [0.4, 0.5) is 11.8 Å². The van der Waals surface area contributed by atoms with E-state index in [-0.39, 0.29) is 23.8 Å². The molecule has 130 valence electrons. The smallest absolute Gasteiger partial charge is 0.223 e. The number of nitrogens with zero attached hydrogens (tertiary/aromatic N) is 3. The third-order valence-electron chi connectivity index (χ3n) is 4.56. The fraction of sp³-hybridized carbons (Fsp3) is 0.353. The van der Waals surface area contributed by atoms with Gasteiger partial charge in [-0.1, -0.05) is 11.6 Å². The molecule has 1 aliphatic carbocycles. The fourth-order valence-electron chi connectivity index (χ4n) is 3.33. The minimum absolute atomic E-state index is 0.0993. The number of nitrogen functional groups attached to an aromatic ring is 1. The Hall–Kier alpha value is -2.38. The Balaban J connectivity index is 1.73. The summed E-state index contributed by atoms with van der Waals surface area (Å²) in [6, 6.07) is 5.66. The summed E-state index contributed by atoms with van der Waals surface area (Å²) >= 11 is 6.35. The first-order chi connectivity index (χ1) is 12.1. The molecule has 1 fully saturated rings. The SMILES string of the molecule is Nc1nc(Cl)c(-c2cc3ncccc3o2)c(N[C@H]2CCC(CO)C2)n1. The molecule has 0 aromatic carbocycles. The molecule has 0 saturated heterocycles. The van der Waals surface area contributed by atoms with Crippen LogP contribution in [0.3, 0.4) is 0 Å². The molecule has 4 rings (SSSR count). The number of aromatic nitrogens is 3. The molecular weight excluding hydrogens is 342 g/mol. The van der Waals surface area contributed by atoms with Gasteiger partial charge in [0.25, 0.3) is 0 Å². The molecular formula is C17H18ClN5O2. The Morgan fingerprint density at radius 3 is 3.00 bits per heavy atom. The topological polar surface area (TPSA) is 110 Å². The average Bonchev–Trinajstić information content (AvgIpc) is 3.20. The summed E-state index contributed by atoms with van der Waals surface area (Å²) in [4.78, 5) is 12.7. The number of anilines is 2. The first kappa shape index (κ1) is 16.1. The van der Waals surface area contributed by atoms with Gasteiger partial charge in [0.2, 0.25) is 5.95 Å². The lowest BCUT2D eigenvalue weighted by Gasteiger charge is -2.16. The predicted molar refractivity (Wildman–Crippen MR) is 96.3 cm³/mol. The summed E-state index contributed by atoms with van der Waals surface area (Å²) in [5.41, 5.74) is 7.75. The van der Waals surface area contributed by atoms with Crippen molar-refractivity contribution in [1.82, 2.24) is 15.0 Å². The number of halogens is 1. The number of pyridine rings is 1. The summed E-state index contributed by atoms with van der Waals surface area (Å²) in [7, 11) is 0. The quantitative estimate of drug-likeness (QED) is 0.614. The van der Waals surface area contributed by atoms with Gasteiger partial charge in [0.05, 0.1) is 5.56 Å². The number of rotatable bonds is 4. The number of hydrogen-bond acceptors (Lipinski definition) is 7. The van der Waals surface area contributed by atoms with Crippen molar-refractivity contribution >= 4 is 34.5 Å². The molecule has 2 atom stereocenters. The average molecular weight is 360 g/mol. The maximum Gasteiger partial charge on any atom is 0.223 e. The Morgan fingerprint density at radius 2 is 2.24 bits per heavy atom. The number of aliphatic hydroxyl groups is 1. The van der Waals surface area contributed by atoms with Crippen molar-refractivity contribution in [2.24, 2.45) is 5.92 Å². The number of fused-ring (bicyclic) bond motifs is 1. The molecule has 8 heteroatoms. The molecule has 3 aromatic heterocycles. The Morgan fingerprint density at radius 1 is 1.36 bits per heavy atom. The van der Waals surface area contributed by atoms with E-state index in [4.69, 9.17) is 21.8 Å². The van der Waals surface area contributed by atoms with Crippen LogP contribution in [-0.2, 0) is 0 Å². The zero-order valence-electron chi connectivity index (χ0n) is 13.4. The van der Waals surface area contributed by atoms with E-state index >= 15 is 0 Å². The first-order valence-corrected chi connectivity index (χ1v) is 8.57. The van der Waals surface area contributed by atoms with Gasteiger partial charge in [0.15, 0.2) is 5.58 Å². The van der Waals surface area contributed by atoms with Crippen LogP contribution in [-0.4, -0.2) is 32.7 Å². The van der Waals surface area contributed by atoms with E-state index in [0.717, 1.165) is 24.8 Å². The predicted octanol–water partition coefficient (Wildman–Crippen LogP) is 3.09. The monoisotopic (exact) mass is 359 g/mol. The van der Waals surface area contributed by atoms with Crippen LogP contribution in [0, 0.1) is 5.92 Å². The molecule has 1 saturated carbocycles. The van der Waals surface area contributed by atoms with Gasteiger partial charge in [-0.2, -0.15) is 4.98 Å². The molecule has 0 amide bonds. The maximum absolute atomic E-state index is 9.33. The van der Waals surface area contributed by atoms with Crippen LogP contribution in [0.1, 0.15) is 19.3 Å². The largest absolute Gasteiger partial charge is 0.454 e. The second-order valence-corrected chi connectivity index (χ2v) is 6.65. The molecule has 4 N–H and O–H groups in total. The molecule has 3 heterocycles. The van der Waals surface area contributed by atoms with Gasteiger partial charge in [-0.25, -0.2) is 4.98 Å². The van der Waals surface area contributed by atoms with Crippen molar-refractivity contribution in [2.75, 3.05) is 17.7 Å². The standard InChI is InChI=1S/C17H18ClN5O2/c18-15-14(13-7-11-12(25-13)2-1-5-20-11)16(23-17(19)22-15)21-10-4-3-9(6-10)8-24/h1-2,5,7,9-10,24H,3-4,6,8H2,(H3,19,21,22,23)/t9?,10-/m0/s1. The fourth-order valence-corrected chi connectivity index (χ4v) is 3.60. The Kier molecular flexibility index (Phi) is 4.19. The second kappa shape index (κ2) is 6.50. The van der Waals surface area contributed by atoms with E-state index in [9.17, 15) is 5.11 Å². The van der Waals surface area contributed by atoms with Crippen molar-refractivity contribution in [3.05, 3.63) is 29.5 Å². The molecule has 7 nitrogen and oxygen atoms in total. The summed E-state index contributed by atoms with van der Waals surface area (Å²) < 4.78 is 5.87. The minimum Gasteiger partial charge on any atom is -0.454 e. The van der Waals surface area contributed by atoms with E-state index in [1.54, 1.807) is 6.20 Å². The highest BCUT2D eigenvalue weighted by molar-refractivity contribution is 6.32. The van der Waals surface area contributed by atoms with Crippen molar-refractivity contribution in [2.45, 2.75) is 25.3 Å². The second-order valence-electron chi connectivity index (χ2n) is 6.30. The number of nitrogens with one attached hydrogen (secondary N) is 1. The van der Waals surface area contributed by atoms with Crippen molar-refractivity contribution in [1.29, 1.82) is 0 Å². The Bertz CT molecular complexity index is 880. The van der Waals surface area contributed by atoms with Gasteiger partial charge in [0.1, 0.15) is 22.2 Å². The minimum atomic E-state index is 0.0993. The van der Waals surface area contributed by atoms with Crippen molar-refractivity contribution < 1.29 is 9.52 Å². The lowest BCUT2D eigenvalue weighted by Crippen LogP contribution is -2.18. The van der Waals surface area contributed by atoms with E-state index in [1.165, 1.54) is 0 Å². The number of hydrogen-bond donors (Lipinski definition) is 3.